The predicted octanol–water partition coefficient (Wildman–Crippen LogP) is 3.14. The first-order valence-electron chi connectivity index (χ1n) is 5.85. The number of fused-ring (bicyclic) bond motifs is 6. The fraction of sp³-hybridized carbons (Fsp3) is 0.385. The van der Waals surface area contributed by atoms with E-state index in [4.69, 9.17) is 0 Å². The van der Waals surface area contributed by atoms with Gasteiger partial charge in [0, 0.05) is 21.6 Å². The Morgan fingerprint density at radius 3 is 3.19 bits per heavy atom. The molecular formula is C13H13BrN2. The van der Waals surface area contributed by atoms with Gasteiger partial charge in [0.05, 0.1) is 5.52 Å². The number of nitrogens with one attached hydrogen (secondary N) is 2. The van der Waals surface area contributed by atoms with Crippen molar-refractivity contribution in [1.82, 2.24) is 10.3 Å². The van der Waals surface area contributed by atoms with Gasteiger partial charge in [0.25, 0.3) is 0 Å². The summed E-state index contributed by atoms with van der Waals surface area (Å²) in [6, 6.07) is 7.05. The number of rotatable bonds is 0. The Hall–Kier alpha value is -0.800. The third-order valence-corrected chi connectivity index (χ3v) is 4.63. The first-order chi connectivity index (χ1) is 7.83. The molecule has 2 unspecified atom stereocenters. The van der Waals surface area contributed by atoms with E-state index in [2.05, 4.69) is 44.4 Å². The summed E-state index contributed by atoms with van der Waals surface area (Å²) in [5, 5.41) is 5.03. The summed E-state index contributed by atoms with van der Waals surface area (Å²) >= 11 is 3.62. The minimum atomic E-state index is 0.580. The SMILES string of the molecule is Brc1cccc2c3c([nH]c12)CC1CNC3C1. The van der Waals surface area contributed by atoms with Gasteiger partial charge in [-0.05, 0) is 52.9 Å². The monoisotopic (exact) mass is 276 g/mol. The molecule has 1 saturated heterocycles. The number of hydrogen-bond donors (Lipinski definition) is 2. The lowest BCUT2D eigenvalue weighted by Crippen LogP contribution is -2.13. The largest absolute Gasteiger partial charge is 0.357 e. The van der Waals surface area contributed by atoms with Gasteiger partial charge in [0.1, 0.15) is 0 Å². The van der Waals surface area contributed by atoms with Gasteiger partial charge in [-0.15, -0.1) is 0 Å². The van der Waals surface area contributed by atoms with Gasteiger partial charge in [-0.1, -0.05) is 12.1 Å². The molecular weight excluding hydrogens is 264 g/mol. The van der Waals surface area contributed by atoms with Gasteiger partial charge in [-0.25, -0.2) is 0 Å². The second kappa shape index (κ2) is 3.11. The van der Waals surface area contributed by atoms with E-state index in [1.165, 1.54) is 46.0 Å². The molecule has 3 heteroatoms. The highest BCUT2D eigenvalue weighted by Crippen LogP contribution is 2.42. The molecule has 82 valence electrons. The number of aromatic amines is 1. The minimum absolute atomic E-state index is 0.580. The van der Waals surface area contributed by atoms with Crippen molar-refractivity contribution in [2.75, 3.05) is 6.54 Å². The fourth-order valence-electron chi connectivity index (χ4n) is 3.29. The Labute approximate surface area is 103 Å². The smallest absolute Gasteiger partial charge is 0.0603 e. The van der Waals surface area contributed by atoms with Crippen LogP contribution in [-0.4, -0.2) is 11.5 Å². The molecule has 1 fully saturated rings. The molecule has 4 rings (SSSR count). The van der Waals surface area contributed by atoms with E-state index >= 15 is 0 Å². The first-order valence-corrected chi connectivity index (χ1v) is 6.64. The van der Waals surface area contributed by atoms with Gasteiger partial charge in [-0.3, -0.25) is 0 Å². The molecule has 0 radical (unpaired) electrons. The zero-order valence-electron chi connectivity index (χ0n) is 8.89. The zero-order chi connectivity index (χ0) is 10.7. The Morgan fingerprint density at radius 2 is 2.25 bits per heavy atom. The Kier molecular flexibility index (Phi) is 1.80. The number of para-hydroxylation sites is 1. The quantitative estimate of drug-likeness (QED) is 0.760. The van der Waals surface area contributed by atoms with Crippen molar-refractivity contribution in [2.24, 2.45) is 5.92 Å². The number of aromatic nitrogens is 1. The molecule has 2 nitrogen and oxygen atoms in total. The summed E-state index contributed by atoms with van der Waals surface area (Å²) in [7, 11) is 0. The van der Waals surface area contributed by atoms with Crippen LogP contribution in [0.5, 0.6) is 0 Å². The summed E-state index contributed by atoms with van der Waals surface area (Å²) in [5.74, 6) is 0.837. The van der Waals surface area contributed by atoms with E-state index in [9.17, 15) is 0 Å². The highest BCUT2D eigenvalue weighted by Gasteiger charge is 2.34. The predicted molar refractivity (Wildman–Crippen MR) is 68.6 cm³/mol. The Morgan fingerprint density at radius 1 is 1.31 bits per heavy atom. The summed E-state index contributed by atoms with van der Waals surface area (Å²) in [6.07, 6.45) is 2.52. The van der Waals surface area contributed by atoms with Gasteiger partial charge in [0.15, 0.2) is 0 Å². The average molecular weight is 277 g/mol. The molecule has 0 spiro atoms. The number of halogens is 1. The third-order valence-electron chi connectivity index (χ3n) is 3.97. The van der Waals surface area contributed by atoms with Gasteiger partial charge in [-0.2, -0.15) is 0 Å². The minimum Gasteiger partial charge on any atom is -0.357 e. The van der Waals surface area contributed by atoms with Crippen LogP contribution in [0.1, 0.15) is 23.7 Å². The van der Waals surface area contributed by atoms with Crippen molar-refractivity contribution in [3.8, 4) is 0 Å². The maximum absolute atomic E-state index is 3.64. The van der Waals surface area contributed by atoms with Crippen molar-refractivity contribution in [1.29, 1.82) is 0 Å². The molecule has 1 aromatic carbocycles. The molecule has 2 heterocycles. The van der Waals surface area contributed by atoms with Crippen molar-refractivity contribution in [3.63, 3.8) is 0 Å². The van der Waals surface area contributed by atoms with Crippen LogP contribution in [0.4, 0.5) is 0 Å². The maximum atomic E-state index is 3.64. The highest BCUT2D eigenvalue weighted by atomic mass is 79.9. The van der Waals surface area contributed by atoms with Crippen molar-refractivity contribution in [2.45, 2.75) is 18.9 Å². The second-order valence-corrected chi connectivity index (χ2v) is 5.80. The van der Waals surface area contributed by atoms with Gasteiger partial charge < -0.3 is 10.3 Å². The average Bonchev–Trinajstić information content (AvgIpc) is 2.82. The molecule has 2 bridgehead atoms. The summed E-state index contributed by atoms with van der Waals surface area (Å²) in [6.45, 7) is 1.18. The lowest BCUT2D eigenvalue weighted by Gasteiger charge is -2.18. The third kappa shape index (κ3) is 1.10. The lowest BCUT2D eigenvalue weighted by molar-refractivity contribution is 0.523. The number of H-pyrrole nitrogens is 1. The standard InChI is InChI=1S/C13H13BrN2/c14-9-3-1-2-8-12-10-4-7(6-15-10)5-11(12)16-13(8)9/h1-3,7,10,15-16H,4-6H2. The van der Waals surface area contributed by atoms with Gasteiger partial charge >= 0.3 is 0 Å². The second-order valence-electron chi connectivity index (χ2n) is 4.95. The lowest BCUT2D eigenvalue weighted by atomic mass is 9.87. The van der Waals surface area contributed by atoms with Crippen LogP contribution in [0.15, 0.2) is 22.7 Å². The molecule has 1 aliphatic carbocycles. The van der Waals surface area contributed by atoms with Crippen molar-refractivity contribution < 1.29 is 0 Å². The molecule has 16 heavy (non-hydrogen) atoms. The topological polar surface area (TPSA) is 27.8 Å². The van der Waals surface area contributed by atoms with E-state index < -0.39 is 0 Å². The van der Waals surface area contributed by atoms with E-state index in [1.54, 1.807) is 0 Å². The molecule has 1 aliphatic heterocycles. The maximum Gasteiger partial charge on any atom is 0.0603 e. The zero-order valence-corrected chi connectivity index (χ0v) is 10.5. The fourth-order valence-corrected chi connectivity index (χ4v) is 3.75. The van der Waals surface area contributed by atoms with Crippen molar-refractivity contribution >= 4 is 26.8 Å². The summed E-state index contributed by atoms with van der Waals surface area (Å²) < 4.78 is 1.18. The normalized spacial score (nSPS) is 27.3. The van der Waals surface area contributed by atoms with E-state index in [-0.39, 0.29) is 0 Å². The van der Waals surface area contributed by atoms with Crippen LogP contribution in [-0.2, 0) is 6.42 Å². The molecule has 2 N–H and O–H groups in total. The van der Waals surface area contributed by atoms with Crippen LogP contribution in [0.2, 0.25) is 0 Å². The Balaban J connectivity index is 2.06. The molecule has 2 aromatic rings. The van der Waals surface area contributed by atoms with E-state index in [0.717, 1.165) is 5.92 Å². The van der Waals surface area contributed by atoms with Crippen LogP contribution in [0.25, 0.3) is 10.9 Å². The first kappa shape index (κ1) is 9.25. The van der Waals surface area contributed by atoms with E-state index in [0.29, 0.717) is 6.04 Å². The molecule has 2 atom stereocenters. The molecule has 0 saturated carbocycles. The molecule has 1 aromatic heterocycles. The van der Waals surface area contributed by atoms with Crippen LogP contribution in [0, 0.1) is 5.92 Å². The summed E-state index contributed by atoms with van der Waals surface area (Å²) in [5.41, 5.74) is 4.24. The van der Waals surface area contributed by atoms with Crippen LogP contribution in [0.3, 0.4) is 0 Å². The highest BCUT2D eigenvalue weighted by molar-refractivity contribution is 9.10. The molecule has 0 amide bonds. The Bertz CT molecular complexity index is 573. The van der Waals surface area contributed by atoms with Crippen molar-refractivity contribution in [3.05, 3.63) is 33.9 Å². The molecule has 2 aliphatic rings. The number of hydrogen-bond acceptors (Lipinski definition) is 1. The van der Waals surface area contributed by atoms with E-state index in [1.807, 2.05) is 0 Å². The van der Waals surface area contributed by atoms with Gasteiger partial charge in [0.2, 0.25) is 0 Å². The van der Waals surface area contributed by atoms with Crippen LogP contribution < -0.4 is 5.32 Å². The number of benzene rings is 1. The summed E-state index contributed by atoms with van der Waals surface area (Å²) in [4.78, 5) is 3.60. The van der Waals surface area contributed by atoms with Crippen LogP contribution >= 0.6 is 15.9 Å².